The standard InChI is InChI=1S/C23H26ClN3O2S/c24-19-4-2-16(3-5-19)17-6-11-27(12-7-17)20-14-18-8-13-30(29)21(18)22(25-20)26-23(15-28)9-1-10-23/h2-6,14,28H,1,7-13,15H2,(H,25,26)/t30-/m0/s1. The normalized spacial score (nSPS) is 22.3. The third-order valence-corrected chi connectivity index (χ3v) is 8.30. The summed E-state index contributed by atoms with van der Waals surface area (Å²) in [6.45, 7) is 1.75. The van der Waals surface area contributed by atoms with Gasteiger partial charge in [-0.25, -0.2) is 4.98 Å². The predicted octanol–water partition coefficient (Wildman–Crippen LogP) is 4.02. The van der Waals surface area contributed by atoms with Crippen molar-refractivity contribution in [2.45, 2.75) is 42.5 Å². The topological polar surface area (TPSA) is 65.5 Å². The molecule has 30 heavy (non-hydrogen) atoms. The summed E-state index contributed by atoms with van der Waals surface area (Å²) in [5.74, 6) is 2.29. The van der Waals surface area contributed by atoms with Gasteiger partial charge in [-0.2, -0.15) is 0 Å². The van der Waals surface area contributed by atoms with E-state index in [9.17, 15) is 9.32 Å². The highest BCUT2D eigenvalue weighted by Crippen LogP contribution is 2.39. The molecule has 0 unspecified atom stereocenters. The van der Waals surface area contributed by atoms with Crippen LogP contribution >= 0.6 is 11.6 Å². The molecule has 0 bridgehead atoms. The average Bonchev–Trinajstić information content (AvgIpc) is 3.12. The number of aliphatic hydroxyl groups excluding tert-OH is 1. The SMILES string of the molecule is O=[S@]1CCc2cc(N3CC=C(c4ccc(Cl)cc4)CC3)nc(NC3(CO)CCC3)c21. The van der Waals surface area contributed by atoms with Crippen molar-refractivity contribution in [3.8, 4) is 0 Å². The van der Waals surface area contributed by atoms with Gasteiger partial charge in [-0.1, -0.05) is 29.8 Å². The van der Waals surface area contributed by atoms with Crippen molar-refractivity contribution in [1.82, 2.24) is 4.98 Å². The molecule has 5 nitrogen and oxygen atoms in total. The predicted molar refractivity (Wildman–Crippen MR) is 123 cm³/mol. The van der Waals surface area contributed by atoms with Gasteiger partial charge in [0.1, 0.15) is 11.6 Å². The Balaban J connectivity index is 1.42. The molecule has 2 aliphatic heterocycles. The van der Waals surface area contributed by atoms with Crippen molar-refractivity contribution in [3.63, 3.8) is 0 Å². The highest BCUT2D eigenvalue weighted by Gasteiger charge is 2.38. The molecule has 3 aliphatic rings. The molecule has 1 atom stereocenters. The minimum Gasteiger partial charge on any atom is -0.394 e. The first kappa shape index (κ1) is 20.0. The molecule has 3 heterocycles. The Morgan fingerprint density at radius 1 is 1.23 bits per heavy atom. The first-order valence-corrected chi connectivity index (χ1v) is 12.3. The highest BCUT2D eigenvalue weighted by molar-refractivity contribution is 7.85. The molecular formula is C23H26ClN3O2S. The Bertz CT molecular complexity index is 1010. The molecule has 1 aromatic heterocycles. The van der Waals surface area contributed by atoms with Crippen molar-refractivity contribution in [2.24, 2.45) is 0 Å². The molecule has 2 N–H and O–H groups in total. The van der Waals surface area contributed by atoms with E-state index in [-0.39, 0.29) is 12.1 Å². The van der Waals surface area contributed by atoms with E-state index >= 15 is 0 Å². The monoisotopic (exact) mass is 443 g/mol. The van der Waals surface area contributed by atoms with Gasteiger partial charge in [0.25, 0.3) is 0 Å². The van der Waals surface area contributed by atoms with Crippen molar-refractivity contribution in [3.05, 3.63) is 52.6 Å². The number of rotatable bonds is 5. The first-order valence-electron chi connectivity index (χ1n) is 10.6. The zero-order chi connectivity index (χ0) is 20.7. The Kier molecular flexibility index (Phi) is 5.33. The number of aliphatic hydroxyl groups is 1. The van der Waals surface area contributed by atoms with Crippen LogP contribution in [-0.2, 0) is 17.2 Å². The lowest BCUT2D eigenvalue weighted by molar-refractivity contribution is 0.143. The maximum Gasteiger partial charge on any atom is 0.145 e. The van der Waals surface area contributed by atoms with Crippen molar-refractivity contribution in [2.75, 3.05) is 35.7 Å². The van der Waals surface area contributed by atoms with E-state index in [1.807, 2.05) is 12.1 Å². The number of halogens is 1. The molecule has 2 aromatic rings. The fourth-order valence-electron chi connectivity index (χ4n) is 4.54. The van der Waals surface area contributed by atoms with Crippen molar-refractivity contribution >= 4 is 39.6 Å². The number of fused-ring (bicyclic) bond motifs is 1. The summed E-state index contributed by atoms with van der Waals surface area (Å²) in [5.41, 5.74) is 3.36. The van der Waals surface area contributed by atoms with Crippen LogP contribution in [0.5, 0.6) is 0 Å². The Hall–Kier alpha value is -1.89. The lowest BCUT2D eigenvalue weighted by atomic mass is 9.77. The van der Waals surface area contributed by atoms with Gasteiger partial charge in [0.05, 0.1) is 27.8 Å². The Labute approximate surface area is 184 Å². The third kappa shape index (κ3) is 3.66. The molecule has 7 heteroatoms. The second kappa shape index (κ2) is 7.98. The number of nitrogens with one attached hydrogen (secondary N) is 1. The van der Waals surface area contributed by atoms with Gasteiger partial charge < -0.3 is 15.3 Å². The molecule has 0 spiro atoms. The van der Waals surface area contributed by atoms with E-state index in [0.717, 1.165) is 66.5 Å². The summed E-state index contributed by atoms with van der Waals surface area (Å²) in [5, 5.41) is 14.1. The number of hydrogen-bond donors (Lipinski definition) is 2. The highest BCUT2D eigenvalue weighted by atomic mass is 35.5. The number of hydrogen-bond acceptors (Lipinski definition) is 5. The maximum atomic E-state index is 12.6. The lowest BCUT2D eigenvalue weighted by Crippen LogP contribution is -2.48. The van der Waals surface area contributed by atoms with Gasteiger partial charge in [0.2, 0.25) is 0 Å². The molecular weight excluding hydrogens is 418 g/mol. The van der Waals surface area contributed by atoms with Crippen LogP contribution in [0.3, 0.4) is 0 Å². The van der Waals surface area contributed by atoms with Gasteiger partial charge >= 0.3 is 0 Å². The smallest absolute Gasteiger partial charge is 0.145 e. The summed E-state index contributed by atoms with van der Waals surface area (Å²) >= 11 is 6.02. The minimum atomic E-state index is -1.02. The number of anilines is 2. The van der Waals surface area contributed by atoms with Crippen molar-refractivity contribution in [1.29, 1.82) is 0 Å². The van der Waals surface area contributed by atoms with Gasteiger partial charge in [-0.15, -0.1) is 0 Å². The van der Waals surface area contributed by atoms with Gasteiger partial charge in [-0.05, 0) is 67.0 Å². The molecule has 158 valence electrons. The average molecular weight is 444 g/mol. The number of aryl methyl sites for hydroxylation is 1. The van der Waals surface area contributed by atoms with Crippen LogP contribution in [-0.4, -0.2) is 45.3 Å². The maximum absolute atomic E-state index is 12.6. The first-order chi connectivity index (χ1) is 14.6. The lowest BCUT2D eigenvalue weighted by Gasteiger charge is -2.42. The molecule has 0 saturated heterocycles. The summed E-state index contributed by atoms with van der Waals surface area (Å²) in [7, 11) is -1.02. The van der Waals surface area contributed by atoms with Crippen LogP contribution in [0.15, 0.2) is 41.3 Å². The number of benzene rings is 1. The number of pyridine rings is 1. The molecule has 5 rings (SSSR count). The zero-order valence-corrected chi connectivity index (χ0v) is 18.4. The fraction of sp³-hybridized carbons (Fsp3) is 0.435. The van der Waals surface area contributed by atoms with Crippen LogP contribution < -0.4 is 10.2 Å². The van der Waals surface area contributed by atoms with E-state index in [2.05, 4.69) is 34.5 Å². The fourth-order valence-corrected chi connectivity index (χ4v) is 6.04. The molecule has 1 saturated carbocycles. The molecule has 1 fully saturated rings. The van der Waals surface area contributed by atoms with Crippen LogP contribution in [0.4, 0.5) is 11.6 Å². The second-order valence-electron chi connectivity index (χ2n) is 8.47. The summed E-state index contributed by atoms with van der Waals surface area (Å²) in [6, 6.07) is 10.1. The van der Waals surface area contributed by atoms with E-state index in [1.54, 1.807) is 0 Å². The quantitative estimate of drug-likeness (QED) is 0.730. The van der Waals surface area contributed by atoms with E-state index in [4.69, 9.17) is 16.6 Å². The van der Waals surface area contributed by atoms with Crippen LogP contribution in [0.25, 0.3) is 5.57 Å². The van der Waals surface area contributed by atoms with E-state index in [1.165, 1.54) is 11.1 Å². The number of aromatic nitrogens is 1. The van der Waals surface area contributed by atoms with E-state index in [0.29, 0.717) is 11.6 Å². The van der Waals surface area contributed by atoms with Crippen molar-refractivity contribution < 1.29 is 9.32 Å². The Morgan fingerprint density at radius 3 is 2.67 bits per heavy atom. The summed E-state index contributed by atoms with van der Waals surface area (Å²) in [6.07, 6.45) is 6.96. The zero-order valence-electron chi connectivity index (χ0n) is 16.9. The Morgan fingerprint density at radius 2 is 2.03 bits per heavy atom. The molecule has 0 amide bonds. The molecule has 0 radical (unpaired) electrons. The van der Waals surface area contributed by atoms with Crippen LogP contribution in [0, 0.1) is 0 Å². The second-order valence-corrected chi connectivity index (χ2v) is 10.4. The molecule has 1 aliphatic carbocycles. The van der Waals surface area contributed by atoms with Crippen LogP contribution in [0.1, 0.15) is 36.8 Å². The summed E-state index contributed by atoms with van der Waals surface area (Å²) < 4.78 is 12.6. The third-order valence-electron chi connectivity index (χ3n) is 6.57. The molecule has 1 aromatic carbocycles. The minimum absolute atomic E-state index is 0.0806. The van der Waals surface area contributed by atoms with Gasteiger partial charge in [0, 0.05) is 23.9 Å². The summed E-state index contributed by atoms with van der Waals surface area (Å²) in [4.78, 5) is 8.02. The van der Waals surface area contributed by atoms with Crippen LogP contribution in [0.2, 0.25) is 5.02 Å². The van der Waals surface area contributed by atoms with E-state index < -0.39 is 10.8 Å². The number of nitrogens with zero attached hydrogens (tertiary/aromatic N) is 2. The van der Waals surface area contributed by atoms with Gasteiger partial charge in [-0.3, -0.25) is 4.21 Å². The van der Waals surface area contributed by atoms with Gasteiger partial charge in [0.15, 0.2) is 0 Å². The largest absolute Gasteiger partial charge is 0.394 e.